The standard InChI is InChI=1S/C15H26N2O/c1-4-14-7-5-6-8-17(14)11-15-9-13(10-16-3)12(2)18-15/h9,14,16H,4-8,10-11H2,1-3H3. The lowest BCUT2D eigenvalue weighted by Crippen LogP contribution is -2.38. The summed E-state index contributed by atoms with van der Waals surface area (Å²) in [6.45, 7) is 7.45. The van der Waals surface area contributed by atoms with Crippen molar-refractivity contribution >= 4 is 0 Å². The Bertz CT molecular complexity index is 373. The van der Waals surface area contributed by atoms with Gasteiger partial charge >= 0.3 is 0 Å². The molecule has 0 saturated carbocycles. The normalized spacial score (nSPS) is 21.4. The molecule has 3 nitrogen and oxygen atoms in total. The van der Waals surface area contributed by atoms with E-state index in [1.165, 1.54) is 37.8 Å². The van der Waals surface area contributed by atoms with Crippen molar-refractivity contribution < 1.29 is 4.42 Å². The van der Waals surface area contributed by atoms with Crippen LogP contribution in [-0.4, -0.2) is 24.5 Å². The minimum Gasteiger partial charge on any atom is -0.465 e. The summed E-state index contributed by atoms with van der Waals surface area (Å²) in [4.78, 5) is 2.59. The van der Waals surface area contributed by atoms with Gasteiger partial charge in [0, 0.05) is 18.2 Å². The highest BCUT2D eigenvalue weighted by Crippen LogP contribution is 2.23. The first-order valence-corrected chi connectivity index (χ1v) is 7.21. The summed E-state index contributed by atoms with van der Waals surface area (Å²) in [7, 11) is 1.98. The van der Waals surface area contributed by atoms with Crippen LogP contribution in [0, 0.1) is 6.92 Å². The summed E-state index contributed by atoms with van der Waals surface area (Å²) in [6.07, 6.45) is 5.32. The molecule has 0 radical (unpaired) electrons. The van der Waals surface area contributed by atoms with Crippen LogP contribution >= 0.6 is 0 Å². The Balaban J connectivity index is 2.01. The number of hydrogen-bond acceptors (Lipinski definition) is 3. The Hall–Kier alpha value is -0.800. The molecule has 0 bridgehead atoms. The van der Waals surface area contributed by atoms with Gasteiger partial charge in [-0.05, 0) is 45.8 Å². The molecule has 3 heteroatoms. The van der Waals surface area contributed by atoms with E-state index >= 15 is 0 Å². The molecule has 1 saturated heterocycles. The number of furan rings is 1. The fraction of sp³-hybridized carbons (Fsp3) is 0.733. The maximum absolute atomic E-state index is 5.88. The summed E-state index contributed by atoms with van der Waals surface area (Å²) in [5.74, 6) is 2.18. The lowest BCUT2D eigenvalue weighted by Gasteiger charge is -2.34. The van der Waals surface area contributed by atoms with Crippen molar-refractivity contribution in [1.82, 2.24) is 10.2 Å². The molecule has 0 aliphatic carbocycles. The van der Waals surface area contributed by atoms with Crippen LogP contribution in [0.2, 0.25) is 0 Å². The molecule has 2 heterocycles. The molecular weight excluding hydrogens is 224 g/mol. The molecule has 1 atom stereocenters. The summed E-state index contributed by atoms with van der Waals surface area (Å²) < 4.78 is 5.88. The van der Waals surface area contributed by atoms with E-state index in [4.69, 9.17) is 4.42 Å². The van der Waals surface area contributed by atoms with Crippen LogP contribution in [0.3, 0.4) is 0 Å². The Labute approximate surface area is 111 Å². The Kier molecular flexibility index (Phi) is 4.84. The van der Waals surface area contributed by atoms with Crippen LogP contribution in [0.5, 0.6) is 0 Å². The van der Waals surface area contributed by atoms with Gasteiger partial charge in [-0.2, -0.15) is 0 Å². The topological polar surface area (TPSA) is 28.4 Å². The van der Waals surface area contributed by atoms with Crippen molar-refractivity contribution in [3.63, 3.8) is 0 Å². The van der Waals surface area contributed by atoms with Gasteiger partial charge in [0.25, 0.3) is 0 Å². The van der Waals surface area contributed by atoms with Crippen LogP contribution in [0.4, 0.5) is 0 Å². The van der Waals surface area contributed by atoms with Gasteiger partial charge in [0.15, 0.2) is 0 Å². The number of likely N-dealkylation sites (tertiary alicyclic amines) is 1. The predicted octanol–water partition coefficient (Wildman–Crippen LogP) is 3.07. The van der Waals surface area contributed by atoms with E-state index in [2.05, 4.69) is 30.1 Å². The Morgan fingerprint density at radius 1 is 1.44 bits per heavy atom. The van der Waals surface area contributed by atoms with E-state index in [-0.39, 0.29) is 0 Å². The van der Waals surface area contributed by atoms with Gasteiger partial charge in [0.05, 0.1) is 6.54 Å². The van der Waals surface area contributed by atoms with Crippen molar-refractivity contribution in [1.29, 1.82) is 0 Å². The number of rotatable bonds is 5. The average molecular weight is 250 g/mol. The van der Waals surface area contributed by atoms with Crippen LogP contribution in [0.25, 0.3) is 0 Å². The van der Waals surface area contributed by atoms with Gasteiger partial charge in [-0.15, -0.1) is 0 Å². The molecule has 1 fully saturated rings. The molecule has 102 valence electrons. The number of nitrogens with zero attached hydrogens (tertiary/aromatic N) is 1. The summed E-state index contributed by atoms with van der Waals surface area (Å²) in [5.41, 5.74) is 1.29. The first-order valence-electron chi connectivity index (χ1n) is 7.21. The molecule has 1 aromatic rings. The Morgan fingerprint density at radius 2 is 2.28 bits per heavy atom. The molecule has 1 unspecified atom stereocenters. The average Bonchev–Trinajstić information content (AvgIpc) is 2.71. The molecule has 1 aliphatic rings. The lowest BCUT2D eigenvalue weighted by molar-refractivity contribution is 0.126. The summed E-state index contributed by atoms with van der Waals surface area (Å²) in [5, 5.41) is 3.19. The van der Waals surface area contributed by atoms with Crippen molar-refractivity contribution in [3.05, 3.63) is 23.2 Å². The first-order chi connectivity index (χ1) is 8.74. The van der Waals surface area contributed by atoms with Gasteiger partial charge < -0.3 is 9.73 Å². The molecule has 2 rings (SSSR count). The van der Waals surface area contributed by atoms with Crippen molar-refractivity contribution in [3.8, 4) is 0 Å². The number of piperidine rings is 1. The molecule has 0 aromatic carbocycles. The smallest absolute Gasteiger partial charge is 0.118 e. The van der Waals surface area contributed by atoms with Crippen molar-refractivity contribution in [2.75, 3.05) is 13.6 Å². The summed E-state index contributed by atoms with van der Waals surface area (Å²) >= 11 is 0. The van der Waals surface area contributed by atoms with E-state index in [1.54, 1.807) is 0 Å². The fourth-order valence-corrected chi connectivity index (χ4v) is 2.96. The summed E-state index contributed by atoms with van der Waals surface area (Å²) in [6, 6.07) is 2.96. The second-order valence-corrected chi connectivity index (χ2v) is 5.35. The van der Waals surface area contributed by atoms with E-state index < -0.39 is 0 Å². The third-order valence-electron chi connectivity index (χ3n) is 4.02. The second kappa shape index (κ2) is 6.39. The van der Waals surface area contributed by atoms with Crippen LogP contribution in [-0.2, 0) is 13.1 Å². The monoisotopic (exact) mass is 250 g/mol. The maximum atomic E-state index is 5.88. The molecule has 1 N–H and O–H groups in total. The third kappa shape index (κ3) is 3.15. The minimum atomic E-state index is 0.747. The molecule has 1 aliphatic heterocycles. The predicted molar refractivity (Wildman–Crippen MR) is 74.5 cm³/mol. The van der Waals surface area contributed by atoms with Gasteiger partial charge in [-0.3, -0.25) is 4.90 Å². The van der Waals surface area contributed by atoms with E-state index in [0.717, 1.165) is 30.7 Å². The van der Waals surface area contributed by atoms with Crippen LogP contribution in [0.15, 0.2) is 10.5 Å². The van der Waals surface area contributed by atoms with Crippen LogP contribution < -0.4 is 5.32 Å². The van der Waals surface area contributed by atoms with Crippen LogP contribution in [0.1, 0.15) is 49.7 Å². The maximum Gasteiger partial charge on any atom is 0.118 e. The highest BCUT2D eigenvalue weighted by atomic mass is 16.3. The number of aryl methyl sites for hydroxylation is 1. The van der Waals surface area contributed by atoms with Crippen molar-refractivity contribution in [2.45, 2.75) is 58.7 Å². The van der Waals surface area contributed by atoms with Gasteiger partial charge in [0.1, 0.15) is 11.5 Å². The fourth-order valence-electron chi connectivity index (χ4n) is 2.96. The highest BCUT2D eigenvalue weighted by Gasteiger charge is 2.22. The SMILES string of the molecule is CCC1CCCCN1Cc1cc(CNC)c(C)o1. The Morgan fingerprint density at radius 3 is 3.00 bits per heavy atom. The number of nitrogens with one attached hydrogen (secondary N) is 1. The lowest BCUT2D eigenvalue weighted by atomic mass is 10.00. The first kappa shape index (κ1) is 13.6. The molecule has 1 aromatic heterocycles. The van der Waals surface area contributed by atoms with Gasteiger partial charge in [0.2, 0.25) is 0 Å². The molecular formula is C15H26N2O. The minimum absolute atomic E-state index is 0.747. The largest absolute Gasteiger partial charge is 0.465 e. The number of hydrogen-bond donors (Lipinski definition) is 1. The zero-order chi connectivity index (χ0) is 13.0. The van der Waals surface area contributed by atoms with E-state index in [1.807, 2.05) is 7.05 Å². The third-order valence-corrected chi connectivity index (χ3v) is 4.02. The zero-order valence-electron chi connectivity index (χ0n) is 12.0. The van der Waals surface area contributed by atoms with E-state index in [9.17, 15) is 0 Å². The zero-order valence-corrected chi connectivity index (χ0v) is 12.0. The molecule has 0 spiro atoms. The van der Waals surface area contributed by atoms with Gasteiger partial charge in [-0.1, -0.05) is 13.3 Å². The van der Waals surface area contributed by atoms with Gasteiger partial charge in [-0.25, -0.2) is 0 Å². The second-order valence-electron chi connectivity index (χ2n) is 5.35. The molecule has 0 amide bonds. The quantitative estimate of drug-likeness (QED) is 0.870. The van der Waals surface area contributed by atoms with E-state index in [0.29, 0.717) is 0 Å². The van der Waals surface area contributed by atoms with Crippen molar-refractivity contribution in [2.24, 2.45) is 0 Å². The molecule has 18 heavy (non-hydrogen) atoms. The highest BCUT2D eigenvalue weighted by molar-refractivity contribution is 5.20.